The third kappa shape index (κ3) is 5.89. The summed E-state index contributed by atoms with van der Waals surface area (Å²) >= 11 is 0. The van der Waals surface area contributed by atoms with Crippen LogP contribution in [0, 0.1) is 11.6 Å². The van der Waals surface area contributed by atoms with E-state index in [4.69, 9.17) is 0 Å². The standard InChI is InChI=1S/C58H44F2N2/c1-57(2)52-16-7-5-11-47(52)49-33-31-43(35-54(49)57)61(41-27-21-38(59)22-28-41)40-25-19-37(20-26-40)45-13-9-15-51-46(45)14-10-18-56(51)62(42-29-23-39(60)24-30-42)44-32-34-50-48-12-6-8-17-53(48)58(3,4)55(50)36-44/h5-36H,1-4H3. The molecule has 9 aromatic carbocycles. The third-order valence-electron chi connectivity index (χ3n) is 13.4. The largest absolute Gasteiger partial charge is 0.310 e. The molecule has 0 radical (unpaired) electrons. The number of anilines is 6. The molecule has 0 atom stereocenters. The molecule has 0 saturated heterocycles. The van der Waals surface area contributed by atoms with Crippen LogP contribution >= 0.6 is 0 Å². The molecule has 0 aliphatic heterocycles. The molecule has 2 aliphatic carbocycles. The molecule has 0 spiro atoms. The summed E-state index contributed by atoms with van der Waals surface area (Å²) in [5.74, 6) is -0.542. The molecule has 0 amide bonds. The van der Waals surface area contributed by atoms with Gasteiger partial charge in [0, 0.05) is 44.7 Å². The Hall–Kier alpha value is -7.30. The molecular weight excluding hydrogens is 763 g/mol. The fourth-order valence-corrected chi connectivity index (χ4v) is 10.2. The Kier molecular flexibility index (Phi) is 8.59. The Labute approximate surface area is 362 Å². The van der Waals surface area contributed by atoms with E-state index in [-0.39, 0.29) is 22.5 Å². The number of nitrogens with zero attached hydrogens (tertiary/aromatic N) is 2. The molecule has 11 rings (SSSR count). The topological polar surface area (TPSA) is 6.48 Å². The van der Waals surface area contributed by atoms with Crippen LogP contribution in [-0.2, 0) is 10.8 Å². The number of rotatable bonds is 7. The first kappa shape index (κ1) is 37.7. The average molecular weight is 807 g/mol. The molecule has 300 valence electrons. The van der Waals surface area contributed by atoms with E-state index in [9.17, 15) is 8.78 Å². The fourth-order valence-electron chi connectivity index (χ4n) is 10.2. The van der Waals surface area contributed by atoms with E-state index >= 15 is 0 Å². The van der Waals surface area contributed by atoms with Crippen LogP contribution < -0.4 is 9.80 Å². The molecule has 0 aromatic heterocycles. The molecule has 0 saturated carbocycles. The molecule has 0 bridgehead atoms. The first-order valence-corrected chi connectivity index (χ1v) is 21.3. The van der Waals surface area contributed by atoms with Gasteiger partial charge in [0.15, 0.2) is 0 Å². The van der Waals surface area contributed by atoms with Crippen LogP contribution in [0.2, 0.25) is 0 Å². The van der Waals surface area contributed by atoms with Gasteiger partial charge in [0.05, 0.1) is 5.69 Å². The van der Waals surface area contributed by atoms with Gasteiger partial charge in [0.25, 0.3) is 0 Å². The van der Waals surface area contributed by atoms with Gasteiger partial charge in [-0.1, -0.05) is 131 Å². The minimum Gasteiger partial charge on any atom is -0.310 e. The molecule has 4 heteroatoms. The second-order valence-corrected chi connectivity index (χ2v) is 17.6. The normalized spacial score (nSPS) is 13.9. The molecule has 0 unspecified atom stereocenters. The quantitative estimate of drug-likeness (QED) is 0.158. The van der Waals surface area contributed by atoms with E-state index in [1.807, 2.05) is 24.3 Å². The van der Waals surface area contributed by atoms with Crippen LogP contribution in [0.5, 0.6) is 0 Å². The number of hydrogen-bond acceptors (Lipinski definition) is 2. The molecule has 0 heterocycles. The Morgan fingerprint density at radius 3 is 1.27 bits per heavy atom. The lowest BCUT2D eigenvalue weighted by molar-refractivity contribution is 0.627. The Bertz CT molecular complexity index is 3200. The van der Waals surface area contributed by atoms with Crippen LogP contribution in [0.1, 0.15) is 49.9 Å². The second-order valence-electron chi connectivity index (χ2n) is 17.6. The van der Waals surface area contributed by atoms with Crippen molar-refractivity contribution in [3.05, 3.63) is 228 Å². The Balaban J connectivity index is 1.01. The summed E-state index contributed by atoms with van der Waals surface area (Å²) in [6, 6.07) is 65.9. The van der Waals surface area contributed by atoms with Crippen LogP contribution in [0.15, 0.2) is 194 Å². The molecule has 2 nitrogen and oxygen atoms in total. The van der Waals surface area contributed by atoms with E-state index in [1.54, 1.807) is 0 Å². The summed E-state index contributed by atoms with van der Waals surface area (Å²) in [4.78, 5) is 4.46. The van der Waals surface area contributed by atoms with Gasteiger partial charge in [-0.3, -0.25) is 0 Å². The number of fused-ring (bicyclic) bond motifs is 7. The summed E-state index contributed by atoms with van der Waals surface area (Å²) < 4.78 is 28.8. The van der Waals surface area contributed by atoms with Gasteiger partial charge in [-0.2, -0.15) is 0 Å². The van der Waals surface area contributed by atoms with Crippen LogP contribution in [-0.4, -0.2) is 0 Å². The highest BCUT2D eigenvalue weighted by Gasteiger charge is 2.37. The van der Waals surface area contributed by atoms with Crippen molar-refractivity contribution in [2.45, 2.75) is 38.5 Å². The Morgan fingerprint density at radius 2 is 0.726 bits per heavy atom. The van der Waals surface area contributed by atoms with E-state index in [1.165, 1.54) is 68.8 Å². The van der Waals surface area contributed by atoms with Crippen molar-refractivity contribution < 1.29 is 8.78 Å². The highest BCUT2D eigenvalue weighted by molar-refractivity contribution is 6.06. The van der Waals surface area contributed by atoms with Crippen molar-refractivity contribution in [3.63, 3.8) is 0 Å². The van der Waals surface area contributed by atoms with Crippen molar-refractivity contribution in [2.75, 3.05) is 9.80 Å². The summed E-state index contributed by atoms with van der Waals surface area (Å²) in [6.45, 7) is 9.17. The van der Waals surface area contributed by atoms with E-state index < -0.39 is 0 Å². The molecule has 0 fully saturated rings. The zero-order valence-electron chi connectivity index (χ0n) is 35.1. The van der Waals surface area contributed by atoms with Gasteiger partial charge in [0.1, 0.15) is 11.6 Å². The first-order chi connectivity index (χ1) is 30.1. The lowest BCUT2D eigenvalue weighted by Gasteiger charge is -2.29. The molecule has 9 aromatic rings. The Morgan fingerprint density at radius 1 is 0.323 bits per heavy atom. The lowest BCUT2D eigenvalue weighted by atomic mass is 9.82. The first-order valence-electron chi connectivity index (χ1n) is 21.3. The van der Waals surface area contributed by atoms with Gasteiger partial charge in [-0.05, 0) is 152 Å². The second kappa shape index (κ2) is 14.1. The number of halogens is 2. The van der Waals surface area contributed by atoms with Gasteiger partial charge in [-0.15, -0.1) is 0 Å². The lowest BCUT2D eigenvalue weighted by Crippen LogP contribution is -2.16. The highest BCUT2D eigenvalue weighted by Crippen LogP contribution is 2.53. The van der Waals surface area contributed by atoms with Crippen molar-refractivity contribution >= 4 is 44.9 Å². The van der Waals surface area contributed by atoms with Crippen molar-refractivity contribution in [1.82, 2.24) is 0 Å². The maximum Gasteiger partial charge on any atom is 0.123 e. The van der Waals surface area contributed by atoms with Gasteiger partial charge < -0.3 is 9.80 Å². The highest BCUT2D eigenvalue weighted by atomic mass is 19.1. The third-order valence-corrected chi connectivity index (χ3v) is 13.4. The summed E-state index contributed by atoms with van der Waals surface area (Å²) in [5, 5.41) is 2.19. The number of hydrogen-bond donors (Lipinski definition) is 0. The molecule has 2 aliphatic rings. The van der Waals surface area contributed by atoms with Gasteiger partial charge in [-0.25, -0.2) is 8.78 Å². The monoisotopic (exact) mass is 806 g/mol. The van der Waals surface area contributed by atoms with Gasteiger partial charge >= 0.3 is 0 Å². The zero-order valence-corrected chi connectivity index (χ0v) is 35.1. The van der Waals surface area contributed by atoms with Crippen molar-refractivity contribution in [3.8, 4) is 33.4 Å². The van der Waals surface area contributed by atoms with Gasteiger partial charge in [0.2, 0.25) is 0 Å². The van der Waals surface area contributed by atoms with E-state index in [0.717, 1.165) is 56.0 Å². The minimum absolute atomic E-state index is 0.164. The molecular formula is C58H44F2N2. The smallest absolute Gasteiger partial charge is 0.123 e. The average Bonchev–Trinajstić information content (AvgIpc) is 3.67. The summed E-state index contributed by atoms with van der Waals surface area (Å²) in [7, 11) is 0. The predicted octanol–water partition coefficient (Wildman–Crippen LogP) is 16.3. The van der Waals surface area contributed by atoms with Crippen molar-refractivity contribution in [2.24, 2.45) is 0 Å². The minimum atomic E-state index is -0.272. The van der Waals surface area contributed by atoms with Crippen molar-refractivity contribution in [1.29, 1.82) is 0 Å². The maximum absolute atomic E-state index is 14.5. The van der Waals surface area contributed by atoms with Crippen LogP contribution in [0.25, 0.3) is 44.2 Å². The SMILES string of the molecule is CC1(C)c2ccccc2-c2ccc(N(c3ccc(F)cc3)c3ccc(-c4cccc5c(N(c6ccc(F)cc6)c6ccc7c(c6)C(C)(C)c6ccccc6-7)cccc45)cc3)cc21. The molecule has 62 heavy (non-hydrogen) atoms. The fraction of sp³-hybridized carbons (Fsp3) is 0.103. The summed E-state index contributed by atoms with van der Waals surface area (Å²) in [6.07, 6.45) is 0. The van der Waals surface area contributed by atoms with Crippen LogP contribution in [0.4, 0.5) is 42.9 Å². The van der Waals surface area contributed by atoms with E-state index in [0.29, 0.717) is 0 Å². The predicted molar refractivity (Wildman–Crippen MR) is 254 cm³/mol. The zero-order chi connectivity index (χ0) is 42.3. The maximum atomic E-state index is 14.5. The van der Waals surface area contributed by atoms with E-state index in [2.05, 4.69) is 183 Å². The summed E-state index contributed by atoms with van der Waals surface area (Å²) in [5.41, 5.74) is 17.8. The number of benzene rings is 9. The molecule has 0 N–H and O–H groups in total. The van der Waals surface area contributed by atoms with Crippen LogP contribution in [0.3, 0.4) is 0 Å².